The van der Waals surface area contributed by atoms with Crippen LogP contribution in [0, 0.1) is 12.7 Å². The lowest BCUT2D eigenvalue weighted by Gasteiger charge is -2.18. The molecule has 1 aromatic carbocycles. The predicted octanol–water partition coefficient (Wildman–Crippen LogP) is 3.71. The summed E-state index contributed by atoms with van der Waals surface area (Å²) in [6.45, 7) is 5.44. The number of aromatic nitrogens is 2. The number of halogens is 2. The fourth-order valence-corrected chi connectivity index (χ4v) is 3.09. The number of nitrogens with zero attached hydrogens (tertiary/aromatic N) is 3. The van der Waals surface area contributed by atoms with Crippen LogP contribution in [0.4, 0.5) is 4.39 Å². The molecule has 0 bridgehead atoms. The van der Waals surface area contributed by atoms with Crippen LogP contribution < -0.4 is 10.6 Å². The van der Waals surface area contributed by atoms with Gasteiger partial charge in [-0.3, -0.25) is 4.99 Å². The molecular weight excluding hydrogens is 444 g/mol. The second-order valence-electron chi connectivity index (χ2n) is 6.60. The van der Waals surface area contributed by atoms with Gasteiger partial charge in [-0.25, -0.2) is 9.37 Å². The van der Waals surface area contributed by atoms with E-state index in [0.29, 0.717) is 18.1 Å². The summed E-state index contributed by atoms with van der Waals surface area (Å²) in [6, 6.07) is 5.27. The highest BCUT2D eigenvalue weighted by Crippen LogP contribution is 2.16. The lowest BCUT2D eigenvalue weighted by molar-refractivity contribution is 0.522. The van der Waals surface area contributed by atoms with Gasteiger partial charge < -0.3 is 15.2 Å². The Morgan fingerprint density at radius 2 is 2.19 bits per heavy atom. The van der Waals surface area contributed by atoms with Gasteiger partial charge in [-0.15, -0.1) is 24.0 Å². The van der Waals surface area contributed by atoms with Crippen molar-refractivity contribution in [1.82, 2.24) is 20.2 Å². The molecule has 3 rings (SSSR count). The minimum Gasteiger partial charge on any atom is -0.351 e. The molecule has 7 heteroatoms. The quantitative estimate of drug-likeness (QED) is 0.406. The molecule has 1 atom stereocenters. The van der Waals surface area contributed by atoms with Crippen LogP contribution in [0.1, 0.15) is 48.5 Å². The first-order valence-electron chi connectivity index (χ1n) is 8.85. The van der Waals surface area contributed by atoms with Gasteiger partial charge in [0.15, 0.2) is 5.96 Å². The first-order valence-corrected chi connectivity index (χ1v) is 8.85. The van der Waals surface area contributed by atoms with Crippen LogP contribution in [0.3, 0.4) is 0 Å². The van der Waals surface area contributed by atoms with Crippen LogP contribution in [0.25, 0.3) is 0 Å². The van der Waals surface area contributed by atoms with E-state index in [2.05, 4.69) is 31.4 Å². The van der Waals surface area contributed by atoms with Crippen molar-refractivity contribution in [2.45, 2.75) is 52.2 Å². The van der Waals surface area contributed by atoms with Gasteiger partial charge in [0.1, 0.15) is 11.6 Å². The van der Waals surface area contributed by atoms with Crippen LogP contribution in [0.5, 0.6) is 0 Å². The second kappa shape index (κ2) is 9.34. The SMILES string of the molecule is CN=C(NCc1cn2c(n1)CCCC2)NC(C)c1ccc(C)c(F)c1.I. The lowest BCUT2D eigenvalue weighted by Crippen LogP contribution is -2.38. The van der Waals surface area contributed by atoms with Gasteiger partial charge in [0, 0.05) is 26.2 Å². The number of nitrogens with one attached hydrogen (secondary N) is 2. The Kier molecular flexibility index (Phi) is 7.43. The van der Waals surface area contributed by atoms with E-state index < -0.39 is 0 Å². The third kappa shape index (κ3) is 4.96. The van der Waals surface area contributed by atoms with Crippen LogP contribution in [0.2, 0.25) is 0 Å². The number of fused-ring (bicyclic) bond motifs is 1. The first-order chi connectivity index (χ1) is 12.1. The van der Waals surface area contributed by atoms with Gasteiger partial charge in [0.25, 0.3) is 0 Å². The van der Waals surface area contributed by atoms with Crippen molar-refractivity contribution in [3.8, 4) is 0 Å². The van der Waals surface area contributed by atoms with Crippen molar-refractivity contribution in [1.29, 1.82) is 0 Å². The first kappa shape index (κ1) is 20.7. The number of guanidine groups is 1. The average Bonchev–Trinajstić information content (AvgIpc) is 3.03. The summed E-state index contributed by atoms with van der Waals surface area (Å²) in [7, 11) is 1.73. The highest BCUT2D eigenvalue weighted by Gasteiger charge is 2.13. The van der Waals surface area contributed by atoms with Crippen molar-refractivity contribution < 1.29 is 4.39 Å². The average molecular weight is 471 g/mol. The summed E-state index contributed by atoms with van der Waals surface area (Å²) in [5.74, 6) is 1.67. The summed E-state index contributed by atoms with van der Waals surface area (Å²) in [4.78, 5) is 8.94. The molecule has 2 N–H and O–H groups in total. The number of hydrogen-bond acceptors (Lipinski definition) is 2. The molecular formula is C19H27FIN5. The monoisotopic (exact) mass is 471 g/mol. The molecule has 26 heavy (non-hydrogen) atoms. The van der Waals surface area contributed by atoms with Gasteiger partial charge in [-0.1, -0.05) is 12.1 Å². The molecule has 5 nitrogen and oxygen atoms in total. The Morgan fingerprint density at radius 3 is 2.88 bits per heavy atom. The number of hydrogen-bond donors (Lipinski definition) is 2. The molecule has 0 aliphatic carbocycles. The Bertz CT molecular complexity index is 748. The highest BCUT2D eigenvalue weighted by molar-refractivity contribution is 14.0. The maximum atomic E-state index is 13.8. The molecule has 2 heterocycles. The fourth-order valence-electron chi connectivity index (χ4n) is 3.09. The minimum atomic E-state index is -0.183. The van der Waals surface area contributed by atoms with Crippen molar-refractivity contribution in [2.75, 3.05) is 7.05 Å². The number of rotatable bonds is 4. The maximum Gasteiger partial charge on any atom is 0.191 e. The predicted molar refractivity (Wildman–Crippen MR) is 113 cm³/mol. The number of aliphatic imine (C=N–C) groups is 1. The molecule has 0 radical (unpaired) electrons. The van der Waals surface area contributed by atoms with Crippen molar-refractivity contribution in [2.24, 2.45) is 4.99 Å². The molecule has 1 unspecified atom stereocenters. The number of benzene rings is 1. The zero-order valence-electron chi connectivity index (χ0n) is 15.6. The zero-order chi connectivity index (χ0) is 17.8. The van der Waals surface area contributed by atoms with E-state index in [-0.39, 0.29) is 35.8 Å². The molecule has 0 spiro atoms. The molecule has 0 saturated heterocycles. The van der Waals surface area contributed by atoms with E-state index in [1.807, 2.05) is 13.0 Å². The topological polar surface area (TPSA) is 54.2 Å². The Balaban J connectivity index is 0.00000243. The van der Waals surface area contributed by atoms with E-state index in [0.717, 1.165) is 24.2 Å². The van der Waals surface area contributed by atoms with Crippen molar-refractivity contribution in [3.05, 3.63) is 52.9 Å². The smallest absolute Gasteiger partial charge is 0.191 e. The minimum absolute atomic E-state index is 0. The van der Waals surface area contributed by atoms with Gasteiger partial charge >= 0.3 is 0 Å². The largest absolute Gasteiger partial charge is 0.351 e. The van der Waals surface area contributed by atoms with Gasteiger partial charge in [0.05, 0.1) is 18.3 Å². The molecule has 1 aromatic heterocycles. The second-order valence-corrected chi connectivity index (χ2v) is 6.60. The lowest BCUT2D eigenvalue weighted by atomic mass is 10.1. The van der Waals surface area contributed by atoms with E-state index in [1.54, 1.807) is 26.1 Å². The molecule has 0 amide bonds. The third-order valence-electron chi connectivity index (χ3n) is 4.67. The Hall–Kier alpha value is -1.64. The van der Waals surface area contributed by atoms with Gasteiger partial charge in [-0.05, 0) is 43.9 Å². The maximum absolute atomic E-state index is 13.8. The fraction of sp³-hybridized carbons (Fsp3) is 0.474. The summed E-state index contributed by atoms with van der Waals surface area (Å²) >= 11 is 0. The van der Waals surface area contributed by atoms with Crippen LogP contribution in [0.15, 0.2) is 29.4 Å². The van der Waals surface area contributed by atoms with E-state index >= 15 is 0 Å². The normalized spacial score (nSPS) is 15.0. The number of aryl methyl sites for hydroxylation is 3. The third-order valence-corrected chi connectivity index (χ3v) is 4.67. The Morgan fingerprint density at radius 1 is 1.38 bits per heavy atom. The number of imidazole rings is 1. The molecule has 142 valence electrons. The molecule has 1 aliphatic rings. The molecule has 1 aliphatic heterocycles. The summed E-state index contributed by atoms with van der Waals surface area (Å²) in [5, 5.41) is 6.59. The van der Waals surface area contributed by atoms with Gasteiger partial charge in [0.2, 0.25) is 0 Å². The van der Waals surface area contributed by atoms with E-state index in [9.17, 15) is 4.39 Å². The zero-order valence-corrected chi connectivity index (χ0v) is 17.9. The van der Waals surface area contributed by atoms with Crippen molar-refractivity contribution >= 4 is 29.9 Å². The van der Waals surface area contributed by atoms with Crippen molar-refractivity contribution in [3.63, 3.8) is 0 Å². The summed E-state index contributed by atoms with van der Waals surface area (Å²) in [5.41, 5.74) is 2.57. The van der Waals surface area contributed by atoms with Gasteiger partial charge in [-0.2, -0.15) is 0 Å². The molecule has 0 saturated carbocycles. The standard InChI is InChI=1S/C19H26FN5.HI/c1-13-7-8-15(10-17(13)20)14(2)23-19(21-3)22-11-16-12-25-9-5-4-6-18(25)24-16;/h7-8,10,12,14H,4-6,9,11H2,1-3H3,(H2,21,22,23);1H. The van der Waals surface area contributed by atoms with Crippen LogP contribution in [-0.4, -0.2) is 22.6 Å². The molecule has 0 fully saturated rings. The van der Waals surface area contributed by atoms with Crippen LogP contribution >= 0.6 is 24.0 Å². The van der Waals surface area contributed by atoms with E-state index in [4.69, 9.17) is 0 Å². The highest BCUT2D eigenvalue weighted by atomic mass is 127. The molecule has 2 aromatic rings. The van der Waals surface area contributed by atoms with Crippen LogP contribution in [-0.2, 0) is 19.5 Å². The van der Waals surface area contributed by atoms with E-state index in [1.165, 1.54) is 18.7 Å². The summed E-state index contributed by atoms with van der Waals surface area (Å²) < 4.78 is 16.0. The Labute approximate surface area is 171 Å². The summed E-state index contributed by atoms with van der Waals surface area (Å²) in [6.07, 6.45) is 5.62.